The van der Waals surface area contributed by atoms with E-state index in [0.717, 1.165) is 0 Å². The summed E-state index contributed by atoms with van der Waals surface area (Å²) in [6.45, 7) is 12.5. The Labute approximate surface area is 101 Å². The molecule has 0 fully saturated rings. The molecule has 0 spiro atoms. The van der Waals surface area contributed by atoms with Gasteiger partial charge in [0.1, 0.15) is 0 Å². The maximum Gasteiger partial charge on any atom is 0.372 e. The number of rotatable bonds is 7. The lowest BCUT2D eigenvalue weighted by atomic mass is 11.2. The summed E-state index contributed by atoms with van der Waals surface area (Å²) >= 11 is 0. The largest absolute Gasteiger partial charge is 0.372 e. The van der Waals surface area contributed by atoms with Crippen LogP contribution in [0, 0.1) is 0 Å². The van der Waals surface area contributed by atoms with E-state index >= 15 is 0 Å². The van der Waals surface area contributed by atoms with Crippen LogP contribution in [0.1, 0.15) is 0 Å². The van der Waals surface area contributed by atoms with Crippen LogP contribution in [0.2, 0.25) is 39.3 Å². The fourth-order valence-corrected chi connectivity index (χ4v) is 4.65. The third-order valence-corrected chi connectivity index (χ3v) is 4.17. The van der Waals surface area contributed by atoms with Gasteiger partial charge in [0.05, 0.1) is 0 Å². The first kappa shape index (κ1) is 15.7. The predicted octanol–water partition coefficient (Wildman–Crippen LogP) is -0.105. The Morgan fingerprint density at radius 1 is 0.733 bits per heavy atom. The molecule has 92 valence electrons. The molecule has 0 radical (unpaired) electrons. The molecule has 0 aliphatic rings. The molecule has 0 unspecified atom stereocenters. The molecule has 0 atom stereocenters. The molecule has 0 heterocycles. The van der Waals surface area contributed by atoms with Gasteiger partial charge in [-0.2, -0.15) is 0 Å². The zero-order valence-corrected chi connectivity index (χ0v) is 16.3. The third-order valence-electron chi connectivity index (χ3n) is 1.39. The average molecular weight is 285 g/mol. The highest BCUT2D eigenvalue weighted by Crippen LogP contribution is 2.20. The molecule has 0 aliphatic heterocycles. The van der Waals surface area contributed by atoms with Crippen molar-refractivity contribution >= 4 is 37.6 Å². The Bertz CT molecular complexity index is 150. The summed E-state index contributed by atoms with van der Waals surface area (Å²) in [5.41, 5.74) is 0. The summed E-state index contributed by atoms with van der Waals surface area (Å²) < 4.78 is 22.8. The van der Waals surface area contributed by atoms with Crippen LogP contribution in [0.25, 0.3) is 0 Å². The molecule has 0 bridgehead atoms. The van der Waals surface area contributed by atoms with Gasteiger partial charge in [-0.3, -0.25) is 0 Å². The molecule has 0 aliphatic carbocycles. The fourth-order valence-electron chi connectivity index (χ4n) is 1.09. The minimum atomic E-state index is -1.24. The van der Waals surface area contributed by atoms with Gasteiger partial charge in [0.25, 0.3) is 0 Å². The van der Waals surface area contributed by atoms with Crippen molar-refractivity contribution in [1.29, 1.82) is 0 Å². The second-order valence-corrected chi connectivity index (χ2v) is 11.6. The van der Waals surface area contributed by atoms with Crippen LogP contribution < -0.4 is 0 Å². The normalized spacial score (nSPS) is 13.4. The summed E-state index contributed by atoms with van der Waals surface area (Å²) in [6, 6.07) is 0. The number of hydrogen-bond donors (Lipinski definition) is 0. The van der Waals surface area contributed by atoms with Crippen molar-refractivity contribution in [3.8, 4) is 0 Å². The summed E-state index contributed by atoms with van der Waals surface area (Å²) in [5.74, 6) is 0. The van der Waals surface area contributed by atoms with Crippen molar-refractivity contribution < 1.29 is 17.7 Å². The van der Waals surface area contributed by atoms with Crippen molar-refractivity contribution in [2.75, 3.05) is 0 Å². The lowest BCUT2D eigenvalue weighted by molar-refractivity contribution is -0.377. The molecule has 0 N–H and O–H groups in total. The van der Waals surface area contributed by atoms with E-state index in [9.17, 15) is 0 Å². The summed E-state index contributed by atoms with van der Waals surface area (Å²) in [6.07, 6.45) is -1.15. The lowest BCUT2D eigenvalue weighted by Gasteiger charge is -2.36. The van der Waals surface area contributed by atoms with Crippen LogP contribution >= 0.6 is 0 Å². The molecule has 0 aromatic carbocycles. The van der Waals surface area contributed by atoms with E-state index in [0.29, 0.717) is 10.5 Å². The van der Waals surface area contributed by atoms with E-state index in [-0.39, 0.29) is 0 Å². The fraction of sp³-hybridized carbons (Fsp3) is 1.00. The van der Waals surface area contributed by atoms with Crippen LogP contribution in [0.3, 0.4) is 0 Å². The SMILES string of the molecule is C[SiH](C)OC(O[SiH3])(O[SiH](C)C)O[SiH](C)C. The van der Waals surface area contributed by atoms with Gasteiger partial charge in [-0.05, 0) is 39.3 Å². The van der Waals surface area contributed by atoms with Crippen molar-refractivity contribution in [2.45, 2.75) is 45.4 Å². The summed E-state index contributed by atoms with van der Waals surface area (Å²) in [4.78, 5) is 0. The van der Waals surface area contributed by atoms with Crippen LogP contribution in [-0.4, -0.2) is 43.8 Å². The van der Waals surface area contributed by atoms with Gasteiger partial charge in [-0.15, -0.1) is 0 Å². The Balaban J connectivity index is 4.59. The molecule has 0 aromatic heterocycles. The van der Waals surface area contributed by atoms with E-state index in [1.807, 2.05) is 0 Å². The molecular formula is C7H24O4Si4. The van der Waals surface area contributed by atoms with E-state index < -0.39 is 33.3 Å². The first-order chi connectivity index (χ1) is 6.81. The topological polar surface area (TPSA) is 36.9 Å². The molecule has 4 nitrogen and oxygen atoms in total. The van der Waals surface area contributed by atoms with Crippen LogP contribution in [-0.2, 0) is 17.7 Å². The lowest BCUT2D eigenvalue weighted by Crippen LogP contribution is -2.49. The summed E-state index contributed by atoms with van der Waals surface area (Å²) in [5, 5.41) is 0. The Morgan fingerprint density at radius 2 is 1.00 bits per heavy atom. The smallest absolute Gasteiger partial charge is 0.359 e. The van der Waals surface area contributed by atoms with Crippen molar-refractivity contribution in [2.24, 2.45) is 0 Å². The highest BCUT2D eigenvalue weighted by Gasteiger charge is 2.36. The zero-order valence-electron chi connectivity index (χ0n) is 10.9. The molecule has 8 heteroatoms. The van der Waals surface area contributed by atoms with E-state index in [2.05, 4.69) is 39.3 Å². The highest BCUT2D eigenvalue weighted by atomic mass is 28.3. The summed E-state index contributed by atoms with van der Waals surface area (Å²) in [7, 11) is -3.16. The highest BCUT2D eigenvalue weighted by molar-refractivity contribution is 6.50. The first-order valence-electron chi connectivity index (χ1n) is 5.40. The maximum absolute atomic E-state index is 5.79. The van der Waals surface area contributed by atoms with Gasteiger partial charge >= 0.3 is 6.16 Å². The van der Waals surface area contributed by atoms with Crippen molar-refractivity contribution in [3.63, 3.8) is 0 Å². The van der Waals surface area contributed by atoms with E-state index in [1.165, 1.54) is 0 Å². The van der Waals surface area contributed by atoms with Crippen LogP contribution in [0.15, 0.2) is 0 Å². The standard InChI is InChI=1S/C7H24O4Si4/c1-13(2)9-7(8-12,10-14(3)4)11-15(5)6/h13-15H,1-6,12H3. The van der Waals surface area contributed by atoms with Gasteiger partial charge in [-0.1, -0.05) is 0 Å². The molecule has 0 rings (SSSR count). The molecule has 15 heavy (non-hydrogen) atoms. The maximum atomic E-state index is 5.79. The van der Waals surface area contributed by atoms with Crippen molar-refractivity contribution in [1.82, 2.24) is 0 Å². The molecule has 0 aromatic rings. The van der Waals surface area contributed by atoms with Gasteiger partial charge < -0.3 is 17.7 Å². The minimum Gasteiger partial charge on any atom is -0.359 e. The quantitative estimate of drug-likeness (QED) is 0.483. The van der Waals surface area contributed by atoms with Crippen LogP contribution in [0.5, 0.6) is 0 Å². The molecule has 0 saturated carbocycles. The second-order valence-electron chi connectivity index (χ2n) is 4.20. The number of hydrogen-bond acceptors (Lipinski definition) is 4. The van der Waals surface area contributed by atoms with Crippen LogP contribution in [0.4, 0.5) is 0 Å². The van der Waals surface area contributed by atoms with Gasteiger partial charge in [-0.25, -0.2) is 0 Å². The van der Waals surface area contributed by atoms with Gasteiger partial charge in [0.2, 0.25) is 0 Å². The van der Waals surface area contributed by atoms with E-state index in [1.54, 1.807) is 0 Å². The monoisotopic (exact) mass is 284 g/mol. The Kier molecular flexibility index (Phi) is 7.45. The van der Waals surface area contributed by atoms with Gasteiger partial charge in [0, 0.05) is 0 Å². The second kappa shape index (κ2) is 7.12. The Hall–Kier alpha value is 0.708. The first-order valence-corrected chi connectivity index (χ1v) is 14.6. The van der Waals surface area contributed by atoms with Gasteiger partial charge in [0.15, 0.2) is 37.6 Å². The third kappa shape index (κ3) is 6.79. The van der Waals surface area contributed by atoms with Crippen molar-refractivity contribution in [3.05, 3.63) is 0 Å². The predicted molar refractivity (Wildman–Crippen MR) is 73.6 cm³/mol. The Morgan fingerprint density at radius 3 is 1.13 bits per heavy atom. The molecular weight excluding hydrogens is 260 g/mol. The molecule has 0 saturated heterocycles. The zero-order chi connectivity index (χ0) is 12.1. The van der Waals surface area contributed by atoms with E-state index in [4.69, 9.17) is 17.7 Å². The average Bonchev–Trinajstić information content (AvgIpc) is 1.99. The molecule has 0 amide bonds. The minimum absolute atomic E-state index is 0.554.